The molecule has 0 saturated heterocycles. The van der Waals surface area contributed by atoms with E-state index in [-0.39, 0.29) is 5.97 Å². The first-order valence-electron chi connectivity index (χ1n) is 6.47. The van der Waals surface area contributed by atoms with E-state index in [0.717, 1.165) is 11.1 Å². The summed E-state index contributed by atoms with van der Waals surface area (Å²) in [6.45, 7) is 4.17. The molecule has 2 heteroatoms. The lowest BCUT2D eigenvalue weighted by Gasteiger charge is -2.02. The van der Waals surface area contributed by atoms with Crippen LogP contribution >= 0.6 is 0 Å². The quantitative estimate of drug-likeness (QED) is 0.564. The van der Waals surface area contributed by atoms with E-state index >= 15 is 0 Å². The molecule has 0 amide bonds. The molecule has 0 aliphatic carbocycles. The van der Waals surface area contributed by atoms with Crippen molar-refractivity contribution in [3.63, 3.8) is 0 Å². The topological polar surface area (TPSA) is 26.3 Å². The molecule has 1 rings (SSSR count). The van der Waals surface area contributed by atoms with Crippen LogP contribution in [0.4, 0.5) is 0 Å². The number of hydrogen-bond acceptors (Lipinski definition) is 2. The molecular formula is C17H20O2. The van der Waals surface area contributed by atoms with E-state index in [9.17, 15) is 4.79 Å². The predicted octanol–water partition coefficient (Wildman–Crippen LogP) is 4.16. The highest BCUT2D eigenvalue weighted by molar-refractivity contribution is 5.74. The molecule has 0 N–H and O–H groups in total. The summed E-state index contributed by atoms with van der Waals surface area (Å²) in [7, 11) is 0. The Hall–Kier alpha value is -2.09. The number of benzene rings is 1. The van der Waals surface area contributed by atoms with Gasteiger partial charge in [0.2, 0.25) is 0 Å². The maximum absolute atomic E-state index is 11.5. The molecule has 0 aromatic heterocycles. The summed E-state index contributed by atoms with van der Waals surface area (Å²) < 4.78 is 4.97. The fourth-order valence-electron chi connectivity index (χ4n) is 1.54. The van der Waals surface area contributed by atoms with Gasteiger partial charge in [0.05, 0.1) is 13.0 Å². The maximum Gasteiger partial charge on any atom is 0.310 e. The van der Waals surface area contributed by atoms with Crippen molar-refractivity contribution in [3.05, 3.63) is 65.8 Å². The lowest BCUT2D eigenvalue weighted by Crippen LogP contribution is -2.04. The monoisotopic (exact) mass is 256 g/mol. The van der Waals surface area contributed by atoms with Gasteiger partial charge in [-0.05, 0) is 25.0 Å². The number of carbonyl (C=O) groups excluding carboxylic acids is 1. The van der Waals surface area contributed by atoms with Crippen LogP contribution in [0.15, 0.2) is 60.2 Å². The molecule has 100 valence electrons. The van der Waals surface area contributed by atoms with Crippen LogP contribution in [0.3, 0.4) is 0 Å². The van der Waals surface area contributed by atoms with Crippen LogP contribution in [-0.4, -0.2) is 12.6 Å². The van der Waals surface area contributed by atoms with Gasteiger partial charge in [-0.25, -0.2) is 0 Å². The predicted molar refractivity (Wildman–Crippen MR) is 79.6 cm³/mol. The van der Waals surface area contributed by atoms with Crippen LogP contribution in [0.25, 0.3) is 6.08 Å². The van der Waals surface area contributed by atoms with Crippen LogP contribution in [0.1, 0.15) is 25.8 Å². The molecular weight excluding hydrogens is 236 g/mol. The number of hydrogen-bond donors (Lipinski definition) is 0. The van der Waals surface area contributed by atoms with Gasteiger partial charge in [0, 0.05) is 0 Å². The second-order valence-corrected chi connectivity index (χ2v) is 3.99. The average molecular weight is 256 g/mol. The Kier molecular flexibility index (Phi) is 7.03. The highest BCUT2D eigenvalue weighted by Crippen LogP contribution is 2.10. The Balaban J connectivity index is 2.75. The number of esters is 1. The lowest BCUT2D eigenvalue weighted by molar-refractivity contribution is -0.142. The van der Waals surface area contributed by atoms with Crippen molar-refractivity contribution in [2.24, 2.45) is 0 Å². The molecule has 0 unspecified atom stereocenters. The minimum Gasteiger partial charge on any atom is -0.466 e. The molecule has 19 heavy (non-hydrogen) atoms. The highest BCUT2D eigenvalue weighted by atomic mass is 16.5. The van der Waals surface area contributed by atoms with E-state index in [2.05, 4.69) is 0 Å². The van der Waals surface area contributed by atoms with Crippen molar-refractivity contribution in [1.82, 2.24) is 0 Å². The smallest absolute Gasteiger partial charge is 0.310 e. The maximum atomic E-state index is 11.5. The van der Waals surface area contributed by atoms with Crippen molar-refractivity contribution < 1.29 is 9.53 Å². The van der Waals surface area contributed by atoms with Crippen LogP contribution in [0, 0.1) is 0 Å². The highest BCUT2D eigenvalue weighted by Gasteiger charge is 2.03. The molecule has 0 spiro atoms. The van der Waals surface area contributed by atoms with Gasteiger partial charge in [0.25, 0.3) is 0 Å². The second-order valence-electron chi connectivity index (χ2n) is 3.99. The second kappa shape index (κ2) is 8.92. The first-order chi connectivity index (χ1) is 9.26. The van der Waals surface area contributed by atoms with Crippen LogP contribution in [0.2, 0.25) is 0 Å². The van der Waals surface area contributed by atoms with Gasteiger partial charge in [-0.2, -0.15) is 0 Å². The molecule has 0 radical (unpaired) electrons. The van der Waals surface area contributed by atoms with E-state index in [1.54, 1.807) is 0 Å². The summed E-state index contributed by atoms with van der Waals surface area (Å²) >= 11 is 0. The number of carbonyl (C=O) groups is 1. The normalized spacial score (nSPS) is 12.2. The molecule has 1 aromatic carbocycles. The third kappa shape index (κ3) is 6.41. The van der Waals surface area contributed by atoms with E-state index < -0.39 is 0 Å². The third-order valence-electron chi connectivity index (χ3n) is 2.45. The van der Waals surface area contributed by atoms with Gasteiger partial charge in [0.1, 0.15) is 0 Å². The Labute approximate surface area is 115 Å². The van der Waals surface area contributed by atoms with E-state index in [1.165, 1.54) is 0 Å². The van der Waals surface area contributed by atoms with Crippen LogP contribution < -0.4 is 0 Å². The molecule has 0 saturated carbocycles. The summed E-state index contributed by atoms with van der Waals surface area (Å²) in [5.41, 5.74) is 2.04. The molecule has 2 nitrogen and oxygen atoms in total. The zero-order valence-corrected chi connectivity index (χ0v) is 11.5. The molecule has 0 aliphatic rings. The summed E-state index contributed by atoms with van der Waals surface area (Å²) in [6, 6.07) is 10.00. The van der Waals surface area contributed by atoms with Gasteiger partial charge in [-0.15, -0.1) is 0 Å². The van der Waals surface area contributed by atoms with Crippen molar-refractivity contribution in [3.8, 4) is 0 Å². The van der Waals surface area contributed by atoms with Gasteiger partial charge in [0.15, 0.2) is 0 Å². The summed E-state index contributed by atoms with van der Waals surface area (Å²) in [4.78, 5) is 11.5. The van der Waals surface area contributed by atoms with Crippen molar-refractivity contribution in [1.29, 1.82) is 0 Å². The lowest BCUT2D eigenvalue weighted by atomic mass is 10.1. The van der Waals surface area contributed by atoms with E-state index in [0.29, 0.717) is 13.0 Å². The Morgan fingerprint density at radius 2 is 2.00 bits per heavy atom. The van der Waals surface area contributed by atoms with E-state index in [1.807, 2.05) is 74.6 Å². The standard InChI is InChI=1S/C17H20O2/c1-3-5-9-16(14-17(18)19-4-2)13-12-15-10-7-6-8-11-15/h3,5-13H,4,14H2,1-2H3/b5-3+,13-12+,16-9-. The number of ether oxygens (including phenoxy) is 1. The average Bonchev–Trinajstić information content (AvgIpc) is 2.43. The first kappa shape index (κ1) is 15.0. The molecule has 0 atom stereocenters. The zero-order valence-electron chi connectivity index (χ0n) is 11.5. The Morgan fingerprint density at radius 3 is 2.63 bits per heavy atom. The van der Waals surface area contributed by atoms with Crippen LogP contribution in [0.5, 0.6) is 0 Å². The fourth-order valence-corrected chi connectivity index (χ4v) is 1.54. The van der Waals surface area contributed by atoms with Gasteiger partial charge in [-0.3, -0.25) is 4.79 Å². The minimum atomic E-state index is -0.198. The largest absolute Gasteiger partial charge is 0.466 e. The SMILES string of the molecule is C/C=C/C=C(/C=C/c1ccccc1)CC(=O)OCC. The van der Waals surface area contributed by atoms with Crippen molar-refractivity contribution in [2.45, 2.75) is 20.3 Å². The van der Waals surface area contributed by atoms with Crippen LogP contribution in [-0.2, 0) is 9.53 Å². The summed E-state index contributed by atoms with van der Waals surface area (Å²) in [5.74, 6) is -0.198. The molecule has 0 fully saturated rings. The van der Waals surface area contributed by atoms with Crippen molar-refractivity contribution in [2.75, 3.05) is 6.61 Å². The van der Waals surface area contributed by atoms with Gasteiger partial charge in [-0.1, -0.05) is 60.7 Å². The van der Waals surface area contributed by atoms with Gasteiger partial charge < -0.3 is 4.74 Å². The van der Waals surface area contributed by atoms with Gasteiger partial charge >= 0.3 is 5.97 Å². The van der Waals surface area contributed by atoms with Crippen molar-refractivity contribution >= 4 is 12.0 Å². The molecule has 0 heterocycles. The number of allylic oxidation sites excluding steroid dienone is 4. The third-order valence-corrected chi connectivity index (χ3v) is 2.45. The fraction of sp³-hybridized carbons (Fsp3) is 0.235. The molecule has 0 bridgehead atoms. The zero-order chi connectivity index (χ0) is 13.9. The molecule has 0 aliphatic heterocycles. The Morgan fingerprint density at radius 1 is 1.26 bits per heavy atom. The minimum absolute atomic E-state index is 0.198. The Bertz CT molecular complexity index is 467. The number of rotatable bonds is 6. The summed E-state index contributed by atoms with van der Waals surface area (Å²) in [6.07, 6.45) is 10.0. The van der Waals surface area contributed by atoms with E-state index in [4.69, 9.17) is 4.74 Å². The summed E-state index contributed by atoms with van der Waals surface area (Å²) in [5, 5.41) is 0. The first-order valence-corrected chi connectivity index (χ1v) is 6.47. The molecule has 1 aromatic rings.